The van der Waals surface area contributed by atoms with E-state index < -0.39 is 5.41 Å². The van der Waals surface area contributed by atoms with Gasteiger partial charge in [0, 0.05) is 31.4 Å². The summed E-state index contributed by atoms with van der Waals surface area (Å²) in [7, 11) is 1.75. The average molecular weight is 353 g/mol. The van der Waals surface area contributed by atoms with E-state index in [1.165, 1.54) is 10.7 Å². The normalized spacial score (nSPS) is 16.4. The zero-order valence-corrected chi connectivity index (χ0v) is 14.8. The van der Waals surface area contributed by atoms with Crippen molar-refractivity contribution in [2.75, 3.05) is 16.8 Å². The van der Waals surface area contributed by atoms with Crippen LogP contribution in [0, 0.1) is 5.41 Å². The van der Waals surface area contributed by atoms with Crippen molar-refractivity contribution in [1.82, 2.24) is 24.4 Å². The number of aryl methyl sites for hydroxylation is 1. The van der Waals surface area contributed by atoms with Crippen molar-refractivity contribution in [2.45, 2.75) is 20.3 Å². The molecule has 26 heavy (non-hydrogen) atoms. The number of rotatable bonds is 3. The minimum atomic E-state index is -0.425. The quantitative estimate of drug-likeness (QED) is 0.769. The van der Waals surface area contributed by atoms with Gasteiger partial charge >= 0.3 is 0 Å². The van der Waals surface area contributed by atoms with Crippen LogP contribution in [0.15, 0.2) is 30.9 Å². The van der Waals surface area contributed by atoms with E-state index in [2.05, 4.69) is 20.5 Å². The maximum atomic E-state index is 12.7. The number of carbonyl (C=O) groups is 2. The predicted molar refractivity (Wildman–Crippen MR) is 94.9 cm³/mol. The van der Waals surface area contributed by atoms with Crippen molar-refractivity contribution in [3.05, 3.63) is 36.4 Å². The molecule has 0 spiro atoms. The van der Waals surface area contributed by atoms with E-state index in [9.17, 15) is 9.59 Å². The van der Waals surface area contributed by atoms with Gasteiger partial charge in [-0.15, -0.1) is 0 Å². The molecule has 0 radical (unpaired) electrons. The highest BCUT2D eigenvalue weighted by Crippen LogP contribution is 2.36. The minimum absolute atomic E-state index is 0.00403. The third-order valence-electron chi connectivity index (χ3n) is 4.62. The first-order chi connectivity index (χ1) is 12.4. The molecular formula is C17H19N7O2. The molecule has 0 unspecified atom stereocenters. The second kappa shape index (κ2) is 5.65. The van der Waals surface area contributed by atoms with Gasteiger partial charge in [-0.3, -0.25) is 19.2 Å². The van der Waals surface area contributed by atoms with Crippen LogP contribution in [0.1, 0.15) is 30.6 Å². The summed E-state index contributed by atoms with van der Waals surface area (Å²) in [6.07, 6.45) is 7.23. The van der Waals surface area contributed by atoms with Gasteiger partial charge in [-0.2, -0.15) is 10.2 Å². The lowest BCUT2D eigenvalue weighted by Crippen LogP contribution is -2.32. The average Bonchev–Trinajstić information content (AvgIpc) is 3.25. The number of fused-ring (bicyclic) bond motifs is 1. The molecule has 2 amide bonds. The molecule has 1 fully saturated rings. The molecule has 1 saturated heterocycles. The molecule has 4 heterocycles. The molecule has 0 aromatic carbocycles. The van der Waals surface area contributed by atoms with Crippen LogP contribution in [0.25, 0.3) is 5.65 Å². The lowest BCUT2D eigenvalue weighted by atomic mass is 9.92. The molecule has 134 valence electrons. The van der Waals surface area contributed by atoms with Crippen molar-refractivity contribution in [1.29, 1.82) is 0 Å². The molecule has 9 heteroatoms. The monoisotopic (exact) mass is 353 g/mol. The molecule has 0 atom stereocenters. The lowest BCUT2D eigenvalue weighted by Gasteiger charge is -2.18. The molecule has 3 aromatic heterocycles. The largest absolute Gasteiger partial charge is 0.317 e. The summed E-state index contributed by atoms with van der Waals surface area (Å²) in [4.78, 5) is 31.2. The number of anilines is 2. The van der Waals surface area contributed by atoms with Crippen molar-refractivity contribution in [3.8, 4) is 0 Å². The summed E-state index contributed by atoms with van der Waals surface area (Å²) in [5, 5.41) is 11.3. The van der Waals surface area contributed by atoms with Gasteiger partial charge in [0.1, 0.15) is 11.3 Å². The maximum absolute atomic E-state index is 12.7. The summed E-state index contributed by atoms with van der Waals surface area (Å²) in [6.45, 7) is 4.41. The zero-order chi connectivity index (χ0) is 18.5. The minimum Gasteiger partial charge on any atom is -0.317 e. The van der Waals surface area contributed by atoms with Gasteiger partial charge in [-0.1, -0.05) is 13.8 Å². The first-order valence-electron chi connectivity index (χ1n) is 8.32. The van der Waals surface area contributed by atoms with Crippen LogP contribution in [-0.4, -0.2) is 42.7 Å². The van der Waals surface area contributed by atoms with E-state index in [0.29, 0.717) is 29.3 Å². The van der Waals surface area contributed by atoms with E-state index in [-0.39, 0.29) is 11.8 Å². The van der Waals surface area contributed by atoms with Gasteiger partial charge in [-0.25, -0.2) is 9.50 Å². The Kier molecular flexibility index (Phi) is 3.53. The summed E-state index contributed by atoms with van der Waals surface area (Å²) in [6, 6.07) is 1.74. The zero-order valence-electron chi connectivity index (χ0n) is 14.8. The van der Waals surface area contributed by atoms with Gasteiger partial charge in [0.25, 0.3) is 5.91 Å². The van der Waals surface area contributed by atoms with E-state index >= 15 is 0 Å². The fraction of sp³-hybridized carbons (Fsp3) is 0.353. The molecule has 1 N–H and O–H groups in total. The summed E-state index contributed by atoms with van der Waals surface area (Å²) in [5.41, 5.74) is 0.881. The number of hydrogen-bond donors (Lipinski definition) is 1. The van der Waals surface area contributed by atoms with Gasteiger partial charge in [0.05, 0.1) is 12.4 Å². The number of nitrogens with one attached hydrogen (secondary N) is 1. The molecule has 1 aliphatic rings. The smallest absolute Gasteiger partial charge is 0.261 e. The predicted octanol–water partition coefficient (Wildman–Crippen LogP) is 1.48. The molecule has 1 aliphatic heterocycles. The number of amides is 2. The Hall–Kier alpha value is -3.23. The van der Waals surface area contributed by atoms with E-state index in [4.69, 9.17) is 0 Å². The fourth-order valence-electron chi connectivity index (χ4n) is 3.11. The fourth-order valence-corrected chi connectivity index (χ4v) is 3.11. The van der Waals surface area contributed by atoms with Gasteiger partial charge in [0.2, 0.25) is 5.91 Å². The highest BCUT2D eigenvalue weighted by Gasteiger charge is 2.41. The highest BCUT2D eigenvalue weighted by molar-refractivity contribution is 6.10. The third-order valence-corrected chi connectivity index (χ3v) is 4.62. The number of hydrogen-bond acceptors (Lipinski definition) is 5. The van der Waals surface area contributed by atoms with E-state index in [0.717, 1.165) is 6.42 Å². The lowest BCUT2D eigenvalue weighted by molar-refractivity contribution is -0.124. The van der Waals surface area contributed by atoms with Crippen LogP contribution in [0.3, 0.4) is 0 Å². The van der Waals surface area contributed by atoms with Crippen molar-refractivity contribution >= 4 is 29.0 Å². The summed E-state index contributed by atoms with van der Waals surface area (Å²) >= 11 is 0. The maximum Gasteiger partial charge on any atom is 0.261 e. The van der Waals surface area contributed by atoms with Crippen molar-refractivity contribution in [3.63, 3.8) is 0 Å². The van der Waals surface area contributed by atoms with Crippen LogP contribution < -0.4 is 10.2 Å². The number of carbonyl (C=O) groups excluding carboxylic acids is 2. The Balaban J connectivity index is 1.65. The van der Waals surface area contributed by atoms with Crippen LogP contribution >= 0.6 is 0 Å². The van der Waals surface area contributed by atoms with Crippen LogP contribution in [0.2, 0.25) is 0 Å². The second-order valence-electron chi connectivity index (χ2n) is 7.03. The first-order valence-corrected chi connectivity index (χ1v) is 8.32. The standard InChI is InChI=1S/C17H19N7O2/c1-17(2)5-8-23(16(17)26)14-12(10-22(3)21-14)20-15(25)11-9-19-24-7-4-6-18-13(11)24/h4,6-7,9-10H,5,8H2,1-3H3,(H,20,25). The molecule has 0 saturated carbocycles. The first kappa shape index (κ1) is 16.2. The molecule has 0 aliphatic carbocycles. The number of aromatic nitrogens is 5. The molecule has 9 nitrogen and oxygen atoms in total. The van der Waals surface area contributed by atoms with Gasteiger partial charge in [-0.05, 0) is 12.5 Å². The van der Waals surface area contributed by atoms with E-state index in [1.807, 2.05) is 13.8 Å². The summed E-state index contributed by atoms with van der Waals surface area (Å²) < 4.78 is 3.11. The van der Waals surface area contributed by atoms with E-state index in [1.54, 1.807) is 41.3 Å². The van der Waals surface area contributed by atoms with Crippen LogP contribution in [0.4, 0.5) is 11.5 Å². The Morgan fingerprint density at radius 3 is 2.88 bits per heavy atom. The molecular weight excluding hydrogens is 334 g/mol. The molecule has 3 aromatic rings. The summed E-state index contributed by atoms with van der Waals surface area (Å²) in [5.74, 6) is 0.115. The Labute approximate surface area is 149 Å². The highest BCUT2D eigenvalue weighted by atomic mass is 16.2. The Morgan fingerprint density at radius 2 is 2.15 bits per heavy atom. The Bertz CT molecular complexity index is 1020. The molecule has 4 rings (SSSR count). The van der Waals surface area contributed by atoms with Crippen molar-refractivity contribution in [2.24, 2.45) is 12.5 Å². The molecule has 0 bridgehead atoms. The second-order valence-corrected chi connectivity index (χ2v) is 7.03. The SMILES string of the molecule is Cn1cc(NC(=O)c2cnn3cccnc23)c(N2CCC(C)(C)C2=O)n1. The van der Waals surface area contributed by atoms with Crippen LogP contribution in [-0.2, 0) is 11.8 Å². The Morgan fingerprint density at radius 1 is 1.35 bits per heavy atom. The van der Waals surface area contributed by atoms with Gasteiger partial charge < -0.3 is 5.32 Å². The van der Waals surface area contributed by atoms with Gasteiger partial charge in [0.15, 0.2) is 11.5 Å². The topological polar surface area (TPSA) is 97.4 Å². The third kappa shape index (κ3) is 2.52. The van der Waals surface area contributed by atoms with Crippen LogP contribution in [0.5, 0.6) is 0 Å². The van der Waals surface area contributed by atoms with Crippen molar-refractivity contribution < 1.29 is 9.59 Å². The number of nitrogens with zero attached hydrogens (tertiary/aromatic N) is 6.